The molecule has 2 rings (SSSR count). The Balaban J connectivity index is 2.23. The monoisotopic (exact) mass is 348 g/mol. The van der Waals surface area contributed by atoms with Gasteiger partial charge in [0.25, 0.3) is 6.29 Å². The van der Waals surface area contributed by atoms with Gasteiger partial charge in [0, 0.05) is 0 Å². The number of carbonyl (C=O) groups is 2. The summed E-state index contributed by atoms with van der Waals surface area (Å²) in [5.74, 6) is -1.73. The maximum absolute atomic E-state index is 12.5. The number of hydrogen-bond donors (Lipinski definition) is 4. The van der Waals surface area contributed by atoms with Gasteiger partial charge in [0.05, 0.1) is 24.4 Å². The Bertz CT molecular complexity index is 705. The van der Waals surface area contributed by atoms with Crippen molar-refractivity contribution >= 4 is 29.6 Å². The van der Waals surface area contributed by atoms with E-state index in [1.807, 2.05) is 0 Å². The lowest BCUT2D eigenvalue weighted by Gasteiger charge is -2.31. The van der Waals surface area contributed by atoms with E-state index in [9.17, 15) is 9.59 Å². The summed E-state index contributed by atoms with van der Waals surface area (Å²) >= 11 is 0. The highest BCUT2D eigenvalue weighted by atomic mass is 16.8. The van der Waals surface area contributed by atoms with Gasteiger partial charge in [-0.05, 0) is 24.6 Å². The smallest absolute Gasteiger partial charge is 0.339 e. The number of aliphatic imine (C=N–C) groups is 1. The Morgan fingerprint density at radius 3 is 2.48 bits per heavy atom. The second kappa shape index (κ2) is 7.28. The molecule has 0 spiro atoms. The van der Waals surface area contributed by atoms with E-state index in [1.165, 1.54) is 13.1 Å². The highest BCUT2D eigenvalue weighted by Crippen LogP contribution is 2.27. The average Bonchev–Trinajstić information content (AvgIpc) is 3.06. The van der Waals surface area contributed by atoms with Gasteiger partial charge >= 0.3 is 5.97 Å². The van der Waals surface area contributed by atoms with Crippen LogP contribution < -0.4 is 22.9 Å². The summed E-state index contributed by atoms with van der Waals surface area (Å²) in [5, 5.41) is 3.49. The van der Waals surface area contributed by atoms with Gasteiger partial charge in [-0.15, -0.1) is 0 Å². The SMILES string of the molecule is CC(=O)C(N)(C(=O)O[C@@H]1CC=NO1)C(N)c1ccc(N=C(N)N)cc1. The van der Waals surface area contributed by atoms with Crippen molar-refractivity contribution in [1.82, 2.24) is 0 Å². The van der Waals surface area contributed by atoms with Gasteiger partial charge in [0.2, 0.25) is 0 Å². The summed E-state index contributed by atoms with van der Waals surface area (Å²) in [6, 6.07) is 5.15. The van der Waals surface area contributed by atoms with Gasteiger partial charge in [-0.1, -0.05) is 17.3 Å². The Morgan fingerprint density at radius 1 is 1.36 bits per heavy atom. The van der Waals surface area contributed by atoms with Gasteiger partial charge in [0.1, 0.15) is 0 Å². The number of hydrogen-bond acceptors (Lipinski definition) is 8. The molecule has 0 radical (unpaired) electrons. The molecule has 0 fully saturated rings. The van der Waals surface area contributed by atoms with E-state index in [-0.39, 0.29) is 12.4 Å². The lowest BCUT2D eigenvalue weighted by molar-refractivity contribution is -0.181. The largest absolute Gasteiger partial charge is 0.421 e. The zero-order chi connectivity index (χ0) is 18.6. The van der Waals surface area contributed by atoms with Crippen molar-refractivity contribution in [1.29, 1.82) is 0 Å². The van der Waals surface area contributed by atoms with Crippen molar-refractivity contribution in [2.24, 2.45) is 33.1 Å². The van der Waals surface area contributed by atoms with Gasteiger partial charge in [-0.2, -0.15) is 0 Å². The topological polar surface area (TPSA) is 181 Å². The minimum Gasteiger partial charge on any atom is -0.421 e. The first kappa shape index (κ1) is 18.4. The molecule has 1 aliphatic rings. The summed E-state index contributed by atoms with van der Waals surface area (Å²) in [6.45, 7) is 1.17. The third kappa shape index (κ3) is 3.92. The fraction of sp³-hybridized carbons (Fsp3) is 0.333. The first-order chi connectivity index (χ1) is 11.7. The van der Waals surface area contributed by atoms with Crippen LogP contribution in [0.25, 0.3) is 0 Å². The van der Waals surface area contributed by atoms with Crippen LogP contribution in [-0.4, -0.2) is 35.8 Å². The van der Waals surface area contributed by atoms with Crippen LogP contribution in [0.4, 0.5) is 5.69 Å². The van der Waals surface area contributed by atoms with E-state index in [1.54, 1.807) is 24.3 Å². The maximum atomic E-state index is 12.5. The minimum atomic E-state index is -2.08. The Kier molecular flexibility index (Phi) is 5.35. The van der Waals surface area contributed by atoms with Crippen molar-refractivity contribution in [3.63, 3.8) is 0 Å². The van der Waals surface area contributed by atoms with Gasteiger partial charge in [0.15, 0.2) is 17.3 Å². The molecule has 1 aromatic carbocycles. The first-order valence-corrected chi connectivity index (χ1v) is 7.39. The molecule has 0 saturated carbocycles. The van der Waals surface area contributed by atoms with Gasteiger partial charge < -0.3 is 32.5 Å². The summed E-state index contributed by atoms with van der Waals surface area (Å²) < 4.78 is 5.09. The standard InChI is InChI=1S/C15H20N6O4/c1-8(22)15(19,13(23)24-11-6-7-20-25-11)12(16)9-2-4-10(5-3-9)21-14(17)18/h2-5,7,11-12H,6,16,19H2,1H3,(H4,17,18,21)/t11-,12?,15?/m0/s1. The first-order valence-electron chi connectivity index (χ1n) is 7.39. The molecule has 10 nitrogen and oxygen atoms in total. The summed E-state index contributed by atoms with van der Waals surface area (Å²) in [7, 11) is 0. The number of ketones is 1. The third-order valence-corrected chi connectivity index (χ3v) is 3.71. The van der Waals surface area contributed by atoms with Crippen molar-refractivity contribution in [2.75, 3.05) is 0 Å². The van der Waals surface area contributed by atoms with E-state index in [2.05, 4.69) is 10.1 Å². The number of guanidine groups is 1. The maximum Gasteiger partial charge on any atom is 0.339 e. The molecule has 25 heavy (non-hydrogen) atoms. The van der Waals surface area contributed by atoms with Crippen LogP contribution >= 0.6 is 0 Å². The average molecular weight is 348 g/mol. The fourth-order valence-electron chi connectivity index (χ4n) is 2.23. The predicted octanol–water partition coefficient (Wildman–Crippen LogP) is -0.847. The molecule has 3 atom stereocenters. The molecule has 134 valence electrons. The molecule has 10 heteroatoms. The Labute approximate surface area is 143 Å². The molecule has 0 aliphatic carbocycles. The van der Waals surface area contributed by atoms with Crippen LogP contribution in [0.1, 0.15) is 24.9 Å². The van der Waals surface area contributed by atoms with E-state index in [0.29, 0.717) is 11.3 Å². The van der Waals surface area contributed by atoms with E-state index >= 15 is 0 Å². The summed E-state index contributed by atoms with van der Waals surface area (Å²) in [6.07, 6.45) is 0.778. The molecule has 1 heterocycles. The van der Waals surface area contributed by atoms with Crippen LogP contribution in [0.5, 0.6) is 0 Å². The number of esters is 1. The quantitative estimate of drug-likeness (QED) is 0.222. The van der Waals surface area contributed by atoms with Crippen LogP contribution in [0.2, 0.25) is 0 Å². The number of rotatable bonds is 6. The molecule has 0 amide bonds. The van der Waals surface area contributed by atoms with E-state index in [4.69, 9.17) is 32.5 Å². The molecule has 0 aromatic heterocycles. The number of Topliss-reactive ketones (excluding diaryl/α,β-unsaturated/α-hetero) is 1. The Morgan fingerprint density at radius 2 is 2.00 bits per heavy atom. The predicted molar refractivity (Wildman–Crippen MR) is 90.5 cm³/mol. The normalized spacial score (nSPS) is 19.4. The number of nitrogens with zero attached hydrogens (tertiary/aromatic N) is 2. The summed E-state index contributed by atoms with van der Waals surface area (Å²) in [5.41, 5.74) is 21.6. The second-order valence-corrected chi connectivity index (χ2v) is 5.50. The van der Waals surface area contributed by atoms with Crippen molar-refractivity contribution in [3.8, 4) is 0 Å². The van der Waals surface area contributed by atoms with Crippen LogP contribution in [0, 0.1) is 0 Å². The highest BCUT2D eigenvalue weighted by molar-refractivity contribution is 6.08. The van der Waals surface area contributed by atoms with Crippen LogP contribution in [0.3, 0.4) is 0 Å². The zero-order valence-corrected chi connectivity index (χ0v) is 13.6. The van der Waals surface area contributed by atoms with Gasteiger partial charge in [-0.3, -0.25) is 4.79 Å². The molecule has 0 bridgehead atoms. The number of oxime groups is 1. The highest BCUT2D eigenvalue weighted by Gasteiger charge is 2.48. The zero-order valence-electron chi connectivity index (χ0n) is 13.6. The van der Waals surface area contributed by atoms with E-state index in [0.717, 1.165) is 0 Å². The molecular formula is C15H20N6O4. The number of benzene rings is 1. The number of carbonyl (C=O) groups excluding carboxylic acids is 2. The molecule has 0 saturated heterocycles. The van der Waals surface area contributed by atoms with E-state index < -0.39 is 29.6 Å². The van der Waals surface area contributed by atoms with Crippen LogP contribution in [-0.2, 0) is 19.2 Å². The number of ether oxygens (including phenoxy) is 1. The Hall–Kier alpha value is -2.98. The van der Waals surface area contributed by atoms with Crippen molar-refractivity contribution in [2.45, 2.75) is 31.2 Å². The van der Waals surface area contributed by atoms with Crippen LogP contribution in [0.15, 0.2) is 34.4 Å². The van der Waals surface area contributed by atoms with Crippen molar-refractivity contribution in [3.05, 3.63) is 29.8 Å². The fourth-order valence-corrected chi connectivity index (χ4v) is 2.23. The molecular weight excluding hydrogens is 328 g/mol. The minimum absolute atomic E-state index is 0.101. The van der Waals surface area contributed by atoms with Crippen molar-refractivity contribution < 1.29 is 19.2 Å². The summed E-state index contributed by atoms with van der Waals surface area (Å²) in [4.78, 5) is 33.2. The number of nitrogens with two attached hydrogens (primary N) is 4. The lowest BCUT2D eigenvalue weighted by Crippen LogP contribution is -2.62. The molecule has 1 aliphatic heterocycles. The molecule has 2 unspecified atom stereocenters. The molecule has 8 N–H and O–H groups in total. The third-order valence-electron chi connectivity index (χ3n) is 3.71. The lowest BCUT2D eigenvalue weighted by atomic mass is 9.83. The van der Waals surface area contributed by atoms with Gasteiger partial charge in [-0.25, -0.2) is 9.79 Å². The molecule has 1 aromatic rings. The second-order valence-electron chi connectivity index (χ2n) is 5.50.